The van der Waals surface area contributed by atoms with Crippen molar-refractivity contribution in [2.24, 2.45) is 5.41 Å². The van der Waals surface area contributed by atoms with E-state index in [9.17, 15) is 33.9 Å². The molecule has 0 aromatic heterocycles. The summed E-state index contributed by atoms with van der Waals surface area (Å²) in [4.78, 5) is 69.4. The van der Waals surface area contributed by atoms with Crippen molar-refractivity contribution in [2.45, 2.75) is 77.9 Å². The van der Waals surface area contributed by atoms with E-state index in [0.717, 1.165) is 11.1 Å². The average Bonchev–Trinajstić information content (AvgIpc) is 2.84. The van der Waals surface area contributed by atoms with Crippen LogP contribution in [0.25, 0.3) is 0 Å². The van der Waals surface area contributed by atoms with Crippen LogP contribution < -0.4 is 21.3 Å². The van der Waals surface area contributed by atoms with Gasteiger partial charge in [-0.2, -0.15) is 0 Å². The zero-order chi connectivity index (χ0) is 29.6. The number of ketones is 1. The van der Waals surface area contributed by atoms with E-state index in [0.29, 0.717) is 19.3 Å². The van der Waals surface area contributed by atoms with Crippen molar-refractivity contribution in [3.05, 3.63) is 35.4 Å². The van der Waals surface area contributed by atoms with Crippen molar-refractivity contribution >= 4 is 35.8 Å². The normalized spacial score (nSPS) is 12.5. The van der Waals surface area contributed by atoms with Crippen molar-refractivity contribution in [3.8, 4) is 0 Å². The number of rotatable bonds is 16. The molecule has 1 unspecified atom stereocenters. The molecule has 7 N–H and O–H groups in total. The van der Waals surface area contributed by atoms with Crippen molar-refractivity contribution in [1.82, 2.24) is 21.3 Å². The molecule has 1 aromatic carbocycles. The number of carbonyl (C=O) groups is 6. The summed E-state index contributed by atoms with van der Waals surface area (Å²) < 4.78 is 0. The molecule has 0 aliphatic heterocycles. The van der Waals surface area contributed by atoms with E-state index in [4.69, 9.17) is 10.2 Å². The lowest BCUT2D eigenvalue weighted by atomic mass is 9.87. The Morgan fingerprint density at radius 1 is 0.744 bits per heavy atom. The van der Waals surface area contributed by atoms with E-state index in [2.05, 4.69) is 21.3 Å². The molecule has 0 fully saturated rings. The Kier molecular flexibility index (Phi) is 13.4. The Bertz CT molecular complexity index is 1020. The number of carbonyl (C=O) groups excluding carboxylic acids is 3. The summed E-state index contributed by atoms with van der Waals surface area (Å²) >= 11 is 0. The average molecular weight is 551 g/mol. The largest absolute Gasteiger partial charge is 0.481 e. The molecule has 0 saturated heterocycles. The Morgan fingerprint density at radius 3 is 1.79 bits per heavy atom. The molecule has 1 aromatic rings. The van der Waals surface area contributed by atoms with Gasteiger partial charge in [0.1, 0.15) is 17.9 Å². The molecule has 4 amide bonds. The predicted octanol–water partition coefficient (Wildman–Crippen LogP) is 1.88. The Morgan fingerprint density at radius 2 is 1.28 bits per heavy atom. The predicted molar refractivity (Wildman–Crippen MR) is 140 cm³/mol. The molecule has 39 heavy (non-hydrogen) atoms. The molecule has 0 radical (unpaired) electrons. The number of Topliss-reactive ketones (excluding diaryl/α,β-unsaturated/α-hetero) is 1. The minimum Gasteiger partial charge on any atom is -0.481 e. The molecular formula is C26H38N4O9. The lowest BCUT2D eigenvalue weighted by Gasteiger charge is -2.18. The molecule has 0 aliphatic carbocycles. The van der Waals surface area contributed by atoms with Gasteiger partial charge in [0.2, 0.25) is 0 Å². The van der Waals surface area contributed by atoms with Gasteiger partial charge in [-0.15, -0.1) is 0 Å². The first-order valence-corrected chi connectivity index (χ1v) is 12.6. The van der Waals surface area contributed by atoms with Gasteiger partial charge in [-0.25, -0.2) is 19.2 Å². The standard InChI is InChI=1S/C26H38N4O9/c1-26(2,3)20(31)14-16-7-9-17(10-8-16)15-28-24(38)27-13-5-4-6-18(22(34)35)29-25(39)30-19(23(36)37)11-12-21(32)33/h7-10,18-19H,4-6,11-15H2,1-3H3,(H,32,33)(H,34,35)(H,36,37)(H2,27,28,38)(H2,29,30,39)/t18?,19-/m0/s1. The Labute approximate surface area is 226 Å². The van der Waals surface area contributed by atoms with Crippen LogP contribution in [0, 0.1) is 5.41 Å². The van der Waals surface area contributed by atoms with Crippen molar-refractivity contribution < 1.29 is 44.1 Å². The highest BCUT2D eigenvalue weighted by atomic mass is 16.4. The quantitative estimate of drug-likeness (QED) is 0.150. The van der Waals surface area contributed by atoms with Crippen molar-refractivity contribution in [1.29, 1.82) is 0 Å². The molecule has 13 heteroatoms. The minimum absolute atomic E-state index is 0.0307. The van der Waals surface area contributed by atoms with Crippen LogP contribution in [-0.2, 0) is 32.1 Å². The molecule has 0 saturated carbocycles. The minimum atomic E-state index is -1.48. The smallest absolute Gasteiger partial charge is 0.326 e. The fourth-order valence-corrected chi connectivity index (χ4v) is 3.29. The van der Waals surface area contributed by atoms with E-state index < -0.39 is 53.9 Å². The van der Waals surface area contributed by atoms with Gasteiger partial charge in [-0.05, 0) is 36.8 Å². The van der Waals surface area contributed by atoms with Crippen LogP contribution in [-0.4, -0.2) is 69.7 Å². The van der Waals surface area contributed by atoms with Gasteiger partial charge >= 0.3 is 30.0 Å². The lowest BCUT2D eigenvalue weighted by molar-refractivity contribution is -0.140. The van der Waals surface area contributed by atoms with E-state index in [1.54, 1.807) is 0 Å². The molecule has 1 rings (SSSR count). The number of hydrogen-bond acceptors (Lipinski definition) is 6. The van der Waals surface area contributed by atoms with Crippen LogP contribution in [0.5, 0.6) is 0 Å². The summed E-state index contributed by atoms with van der Waals surface area (Å²) in [6.07, 6.45) is 0.305. The third-order valence-corrected chi connectivity index (χ3v) is 5.74. The topological polar surface area (TPSA) is 211 Å². The van der Waals surface area contributed by atoms with Crippen LogP contribution in [0.2, 0.25) is 0 Å². The molecule has 13 nitrogen and oxygen atoms in total. The number of hydrogen-bond donors (Lipinski definition) is 7. The van der Waals surface area contributed by atoms with Crippen LogP contribution in [0.4, 0.5) is 9.59 Å². The number of nitrogens with one attached hydrogen (secondary N) is 4. The van der Waals surface area contributed by atoms with Gasteiger partial charge < -0.3 is 36.6 Å². The number of aliphatic carboxylic acids is 3. The SMILES string of the molecule is CC(C)(C)C(=O)Cc1ccc(CNC(=O)NCCCCC(NC(=O)N[C@@H](CCC(=O)O)C(=O)O)C(=O)O)cc1. The first-order valence-electron chi connectivity index (χ1n) is 12.6. The maximum absolute atomic E-state index is 12.1. The maximum Gasteiger partial charge on any atom is 0.326 e. The highest BCUT2D eigenvalue weighted by Crippen LogP contribution is 2.18. The maximum atomic E-state index is 12.1. The molecule has 0 bridgehead atoms. The van der Waals surface area contributed by atoms with E-state index in [-0.39, 0.29) is 31.7 Å². The van der Waals surface area contributed by atoms with Crippen molar-refractivity contribution in [3.63, 3.8) is 0 Å². The van der Waals surface area contributed by atoms with E-state index >= 15 is 0 Å². The molecular weight excluding hydrogens is 512 g/mol. The van der Waals surface area contributed by atoms with E-state index in [1.807, 2.05) is 45.0 Å². The zero-order valence-corrected chi connectivity index (χ0v) is 22.4. The number of benzene rings is 1. The van der Waals surface area contributed by atoms with Gasteiger partial charge in [0.05, 0.1) is 0 Å². The number of carboxylic acids is 3. The highest BCUT2D eigenvalue weighted by Gasteiger charge is 2.25. The van der Waals surface area contributed by atoms with Crippen LogP contribution in [0.15, 0.2) is 24.3 Å². The van der Waals surface area contributed by atoms with Gasteiger partial charge in [-0.3, -0.25) is 9.59 Å². The summed E-state index contributed by atoms with van der Waals surface area (Å²) in [5, 5.41) is 36.7. The third-order valence-electron chi connectivity index (χ3n) is 5.74. The van der Waals surface area contributed by atoms with Gasteiger partial charge in [0.15, 0.2) is 0 Å². The summed E-state index contributed by atoms with van der Waals surface area (Å²) in [7, 11) is 0. The van der Waals surface area contributed by atoms with Crippen LogP contribution >= 0.6 is 0 Å². The lowest BCUT2D eigenvalue weighted by Crippen LogP contribution is -2.51. The number of urea groups is 2. The third kappa shape index (κ3) is 13.8. The summed E-state index contributed by atoms with van der Waals surface area (Å²) in [6, 6.07) is 3.16. The summed E-state index contributed by atoms with van der Waals surface area (Å²) in [5.41, 5.74) is 1.35. The Hall–Kier alpha value is -4.16. The van der Waals surface area contributed by atoms with Gasteiger partial charge in [0.25, 0.3) is 0 Å². The first-order chi connectivity index (χ1) is 18.2. The molecule has 0 aliphatic rings. The number of unbranched alkanes of at least 4 members (excludes halogenated alkanes) is 1. The first kappa shape index (κ1) is 32.9. The molecule has 0 spiro atoms. The summed E-state index contributed by atoms with van der Waals surface area (Å²) in [5.74, 6) is -3.84. The summed E-state index contributed by atoms with van der Waals surface area (Å²) in [6.45, 7) is 6.16. The molecule has 0 heterocycles. The monoisotopic (exact) mass is 550 g/mol. The Balaban J connectivity index is 2.35. The fourth-order valence-electron chi connectivity index (χ4n) is 3.29. The van der Waals surface area contributed by atoms with Gasteiger partial charge in [0, 0.05) is 31.3 Å². The number of amides is 4. The molecule has 216 valence electrons. The van der Waals surface area contributed by atoms with E-state index in [1.165, 1.54) is 0 Å². The second-order valence-corrected chi connectivity index (χ2v) is 10.1. The zero-order valence-electron chi connectivity index (χ0n) is 22.4. The van der Waals surface area contributed by atoms with Crippen LogP contribution in [0.1, 0.15) is 64.0 Å². The number of carboxylic acid groups (broad SMARTS) is 3. The fraction of sp³-hybridized carbons (Fsp3) is 0.538. The second-order valence-electron chi connectivity index (χ2n) is 10.1. The van der Waals surface area contributed by atoms with Crippen LogP contribution in [0.3, 0.4) is 0 Å². The van der Waals surface area contributed by atoms with Crippen molar-refractivity contribution in [2.75, 3.05) is 6.54 Å². The second kappa shape index (κ2) is 15.9. The molecule has 2 atom stereocenters. The highest BCUT2D eigenvalue weighted by molar-refractivity contribution is 5.86. The van der Waals surface area contributed by atoms with Gasteiger partial charge in [-0.1, -0.05) is 45.0 Å².